The molecular formula is C27H31N7O2. The third-order valence-electron chi connectivity index (χ3n) is 7.33. The highest BCUT2D eigenvalue weighted by Gasteiger charge is 2.33. The van der Waals surface area contributed by atoms with Crippen molar-refractivity contribution in [2.45, 2.75) is 31.3 Å². The Morgan fingerprint density at radius 1 is 0.972 bits per heavy atom. The van der Waals surface area contributed by atoms with Gasteiger partial charge >= 0.3 is 0 Å². The maximum absolute atomic E-state index is 13.3. The standard InChI is InChI=1S/C27H31N7O2/c35-26(34-11-7-21(8-12-34)33-13-15-36-16-14-33)25-18-19-17-20(4-5-22(19)31-25)30-27-29-10-6-24(32-27)23-3-1-2-9-28-23/h1-6,9-10,17,21,25,31H,7-8,11-16,18H2,(H,29,30,32). The Hall–Kier alpha value is -3.56. The van der Waals surface area contributed by atoms with Crippen molar-refractivity contribution < 1.29 is 9.53 Å². The van der Waals surface area contributed by atoms with E-state index in [9.17, 15) is 4.79 Å². The number of nitrogens with one attached hydrogen (secondary N) is 2. The molecule has 6 rings (SSSR count). The van der Waals surface area contributed by atoms with Crippen LogP contribution in [-0.2, 0) is 16.0 Å². The van der Waals surface area contributed by atoms with Gasteiger partial charge in [-0.1, -0.05) is 6.07 Å². The van der Waals surface area contributed by atoms with Gasteiger partial charge in [0.15, 0.2) is 0 Å². The first-order chi connectivity index (χ1) is 17.7. The Labute approximate surface area is 210 Å². The summed E-state index contributed by atoms with van der Waals surface area (Å²) in [6, 6.07) is 14.1. The molecule has 5 heterocycles. The van der Waals surface area contributed by atoms with Crippen molar-refractivity contribution in [1.29, 1.82) is 0 Å². The normalized spacial score (nSPS) is 20.6. The maximum atomic E-state index is 13.3. The van der Waals surface area contributed by atoms with Crippen molar-refractivity contribution in [3.63, 3.8) is 0 Å². The molecule has 0 saturated carbocycles. The summed E-state index contributed by atoms with van der Waals surface area (Å²) >= 11 is 0. The van der Waals surface area contributed by atoms with E-state index in [0.29, 0.717) is 18.4 Å². The number of hydrogen-bond acceptors (Lipinski definition) is 8. The molecule has 3 aromatic rings. The highest BCUT2D eigenvalue weighted by molar-refractivity contribution is 5.88. The van der Waals surface area contributed by atoms with Crippen LogP contribution in [0.4, 0.5) is 17.3 Å². The zero-order chi connectivity index (χ0) is 24.3. The minimum Gasteiger partial charge on any atom is -0.379 e. The molecular weight excluding hydrogens is 454 g/mol. The Morgan fingerprint density at radius 2 is 1.83 bits per heavy atom. The molecule has 2 N–H and O–H groups in total. The summed E-state index contributed by atoms with van der Waals surface area (Å²) in [4.78, 5) is 31.2. The summed E-state index contributed by atoms with van der Waals surface area (Å²) in [6.07, 6.45) is 6.24. The van der Waals surface area contributed by atoms with E-state index < -0.39 is 0 Å². The summed E-state index contributed by atoms with van der Waals surface area (Å²) in [7, 11) is 0. The van der Waals surface area contributed by atoms with E-state index in [1.165, 1.54) is 0 Å². The fourth-order valence-electron chi connectivity index (χ4n) is 5.41. The van der Waals surface area contributed by atoms with Crippen molar-refractivity contribution in [1.82, 2.24) is 24.8 Å². The molecule has 2 fully saturated rings. The lowest BCUT2D eigenvalue weighted by Crippen LogP contribution is -2.52. The summed E-state index contributed by atoms with van der Waals surface area (Å²) in [6.45, 7) is 5.31. The Balaban J connectivity index is 1.07. The summed E-state index contributed by atoms with van der Waals surface area (Å²) in [5, 5.41) is 6.74. The fraction of sp³-hybridized carbons (Fsp3) is 0.407. The van der Waals surface area contributed by atoms with Gasteiger partial charge in [-0.05, 0) is 54.8 Å². The first-order valence-corrected chi connectivity index (χ1v) is 12.7. The van der Waals surface area contributed by atoms with Crippen LogP contribution >= 0.6 is 0 Å². The van der Waals surface area contributed by atoms with E-state index in [4.69, 9.17) is 4.74 Å². The van der Waals surface area contributed by atoms with Crippen LogP contribution in [0.15, 0.2) is 54.9 Å². The molecule has 1 amide bonds. The molecule has 36 heavy (non-hydrogen) atoms. The molecule has 2 aromatic heterocycles. The fourth-order valence-corrected chi connectivity index (χ4v) is 5.41. The summed E-state index contributed by atoms with van der Waals surface area (Å²) < 4.78 is 5.48. The number of carbonyl (C=O) groups is 1. The van der Waals surface area contributed by atoms with Crippen molar-refractivity contribution in [3.8, 4) is 11.4 Å². The van der Waals surface area contributed by atoms with E-state index in [1.807, 2.05) is 41.3 Å². The summed E-state index contributed by atoms with van der Waals surface area (Å²) in [5.74, 6) is 0.715. The molecule has 1 unspecified atom stereocenters. The average molecular weight is 486 g/mol. The van der Waals surface area contributed by atoms with Crippen molar-refractivity contribution >= 4 is 23.2 Å². The van der Waals surface area contributed by atoms with Crippen LogP contribution < -0.4 is 10.6 Å². The molecule has 1 atom stereocenters. The number of carbonyl (C=O) groups excluding carboxylic acids is 1. The van der Waals surface area contributed by atoms with Crippen molar-refractivity contribution in [2.24, 2.45) is 0 Å². The Bertz CT molecular complexity index is 1210. The van der Waals surface area contributed by atoms with Gasteiger partial charge in [-0.15, -0.1) is 0 Å². The minimum absolute atomic E-state index is 0.201. The maximum Gasteiger partial charge on any atom is 0.245 e. The van der Waals surface area contributed by atoms with Gasteiger partial charge in [0.25, 0.3) is 0 Å². The molecule has 9 nitrogen and oxygen atoms in total. The highest BCUT2D eigenvalue weighted by Crippen LogP contribution is 2.31. The number of nitrogens with zero attached hydrogens (tertiary/aromatic N) is 5. The number of piperidine rings is 1. The lowest BCUT2D eigenvalue weighted by atomic mass is 10.0. The quantitative estimate of drug-likeness (QED) is 0.570. The Morgan fingerprint density at radius 3 is 2.64 bits per heavy atom. The number of ether oxygens (including phenoxy) is 1. The molecule has 0 aliphatic carbocycles. The molecule has 1 aromatic carbocycles. The Kier molecular flexibility index (Phi) is 6.48. The van der Waals surface area contributed by atoms with Gasteiger partial charge in [-0.2, -0.15) is 0 Å². The van der Waals surface area contributed by atoms with Crippen LogP contribution in [0.25, 0.3) is 11.4 Å². The van der Waals surface area contributed by atoms with Crippen LogP contribution in [0.2, 0.25) is 0 Å². The number of benzene rings is 1. The number of anilines is 3. The zero-order valence-corrected chi connectivity index (χ0v) is 20.3. The molecule has 0 radical (unpaired) electrons. The van der Waals surface area contributed by atoms with Crippen LogP contribution in [0.3, 0.4) is 0 Å². The van der Waals surface area contributed by atoms with Gasteiger partial charge in [0.2, 0.25) is 11.9 Å². The van der Waals surface area contributed by atoms with Gasteiger partial charge in [0.05, 0.1) is 24.6 Å². The van der Waals surface area contributed by atoms with Gasteiger partial charge in [-0.25, -0.2) is 9.97 Å². The second kappa shape index (κ2) is 10.2. The monoisotopic (exact) mass is 485 g/mol. The van der Waals surface area contributed by atoms with Gasteiger partial charge in [0.1, 0.15) is 6.04 Å². The number of likely N-dealkylation sites (tertiary alicyclic amines) is 1. The van der Waals surface area contributed by atoms with Crippen LogP contribution in [0, 0.1) is 0 Å². The number of hydrogen-bond donors (Lipinski definition) is 2. The predicted molar refractivity (Wildman–Crippen MR) is 138 cm³/mol. The predicted octanol–water partition coefficient (Wildman–Crippen LogP) is 2.94. The zero-order valence-electron chi connectivity index (χ0n) is 20.3. The number of amides is 1. The van der Waals surface area contributed by atoms with Crippen LogP contribution in [0.1, 0.15) is 18.4 Å². The number of rotatable bonds is 5. The smallest absolute Gasteiger partial charge is 0.245 e. The lowest BCUT2D eigenvalue weighted by Gasteiger charge is -2.40. The van der Waals surface area contributed by atoms with Gasteiger partial charge in [0, 0.05) is 62.4 Å². The van der Waals surface area contributed by atoms with E-state index in [1.54, 1.807) is 12.4 Å². The molecule has 0 spiro atoms. The van der Waals surface area contributed by atoms with Crippen molar-refractivity contribution in [3.05, 3.63) is 60.4 Å². The van der Waals surface area contributed by atoms with E-state index >= 15 is 0 Å². The molecule has 2 saturated heterocycles. The largest absolute Gasteiger partial charge is 0.379 e. The molecule has 186 valence electrons. The first-order valence-electron chi connectivity index (χ1n) is 12.7. The first kappa shape index (κ1) is 22.9. The third kappa shape index (κ3) is 4.89. The molecule has 3 aliphatic heterocycles. The number of pyridine rings is 1. The molecule has 3 aliphatic rings. The number of morpholine rings is 1. The highest BCUT2D eigenvalue weighted by atomic mass is 16.5. The number of fused-ring (bicyclic) bond motifs is 1. The minimum atomic E-state index is -0.209. The van der Waals surface area contributed by atoms with E-state index in [2.05, 4.69) is 36.6 Å². The molecule has 0 bridgehead atoms. The SMILES string of the molecule is O=C(C1Cc2cc(Nc3nccc(-c4ccccn4)n3)ccc2N1)N1CCC(N2CCOCC2)CC1. The molecule has 9 heteroatoms. The second-order valence-corrected chi connectivity index (χ2v) is 9.58. The van der Waals surface area contributed by atoms with E-state index in [0.717, 1.165) is 80.6 Å². The number of aromatic nitrogens is 3. The van der Waals surface area contributed by atoms with E-state index in [-0.39, 0.29) is 11.9 Å². The third-order valence-corrected chi connectivity index (χ3v) is 7.33. The second-order valence-electron chi connectivity index (χ2n) is 9.58. The van der Waals surface area contributed by atoms with Crippen LogP contribution in [0.5, 0.6) is 0 Å². The lowest BCUT2D eigenvalue weighted by molar-refractivity contribution is -0.133. The average Bonchev–Trinajstić information content (AvgIpc) is 3.37. The summed E-state index contributed by atoms with van der Waals surface area (Å²) in [5.41, 5.74) is 4.61. The topological polar surface area (TPSA) is 95.5 Å². The van der Waals surface area contributed by atoms with Gasteiger partial charge < -0.3 is 20.3 Å². The van der Waals surface area contributed by atoms with Crippen molar-refractivity contribution in [2.75, 3.05) is 50.0 Å². The van der Waals surface area contributed by atoms with Crippen LogP contribution in [-0.4, -0.2) is 82.1 Å². The van der Waals surface area contributed by atoms with Gasteiger partial charge in [-0.3, -0.25) is 14.7 Å².